The minimum absolute atomic E-state index is 0.000740. The van der Waals surface area contributed by atoms with Crippen molar-refractivity contribution in [1.82, 2.24) is 19.1 Å². The van der Waals surface area contributed by atoms with Gasteiger partial charge in [-0.05, 0) is 82.5 Å². The molecule has 1 aliphatic rings. The predicted octanol–water partition coefficient (Wildman–Crippen LogP) is 6.08. The van der Waals surface area contributed by atoms with Crippen LogP contribution in [0.5, 0.6) is 11.5 Å². The van der Waals surface area contributed by atoms with Crippen molar-refractivity contribution >= 4 is 14.1 Å². The summed E-state index contributed by atoms with van der Waals surface area (Å²) in [6.45, 7) is 12.8. The summed E-state index contributed by atoms with van der Waals surface area (Å²) in [4.78, 5) is 42.8. The van der Waals surface area contributed by atoms with Crippen molar-refractivity contribution in [3.05, 3.63) is 129 Å². The number of benzene rings is 3. The van der Waals surface area contributed by atoms with Crippen LogP contribution in [0.4, 0.5) is 0 Å². The van der Waals surface area contributed by atoms with Crippen LogP contribution in [0.1, 0.15) is 64.5 Å². The van der Waals surface area contributed by atoms with Gasteiger partial charge in [-0.3, -0.25) is 28.7 Å². The minimum Gasteiger partial charge on any atom is -0.497 e. The first-order chi connectivity index (χ1) is 27.2. The Kier molecular flexibility index (Phi) is 14.6. The molecule has 1 aliphatic heterocycles. The van der Waals surface area contributed by atoms with Crippen molar-refractivity contribution in [3.8, 4) is 17.6 Å². The number of nitrogens with one attached hydrogen (secondary N) is 1. The molecule has 1 N–H and O–H groups in total. The van der Waals surface area contributed by atoms with Crippen molar-refractivity contribution in [2.75, 3.05) is 46.7 Å². The third-order valence-electron chi connectivity index (χ3n) is 10.1. The van der Waals surface area contributed by atoms with E-state index in [-0.39, 0.29) is 37.5 Å². The summed E-state index contributed by atoms with van der Waals surface area (Å²) < 4.78 is 36.0. The van der Waals surface area contributed by atoms with Gasteiger partial charge in [-0.15, -0.1) is 0 Å². The molecule has 57 heavy (non-hydrogen) atoms. The molecule has 14 heteroatoms. The van der Waals surface area contributed by atoms with E-state index in [0.29, 0.717) is 24.6 Å². The number of ether oxygens (including phenoxy) is 4. The number of nitrogens with zero attached hydrogens (tertiary/aromatic N) is 4. The number of morpholine rings is 1. The Morgan fingerprint density at radius 2 is 1.46 bits per heavy atom. The normalized spacial score (nSPS) is 18.2. The number of carbonyl (C=O) groups excluding carboxylic acids is 1. The van der Waals surface area contributed by atoms with Crippen molar-refractivity contribution in [2.24, 2.45) is 0 Å². The van der Waals surface area contributed by atoms with Crippen molar-refractivity contribution in [2.45, 2.75) is 77.1 Å². The first kappa shape index (κ1) is 43.5. The van der Waals surface area contributed by atoms with E-state index >= 15 is 0 Å². The number of aromatic nitrogens is 2. The maximum Gasteiger partial charge on any atom is 0.330 e. The topological polar surface area (TPSA) is 148 Å². The van der Waals surface area contributed by atoms with Gasteiger partial charge in [-0.1, -0.05) is 54.6 Å². The second kappa shape index (κ2) is 19.2. The Hall–Kier alpha value is -4.67. The molecule has 2 heterocycles. The number of hydrogen-bond donors (Lipinski definition) is 1. The van der Waals surface area contributed by atoms with Gasteiger partial charge in [-0.2, -0.15) is 5.26 Å². The third kappa shape index (κ3) is 10.1. The monoisotopic (exact) mass is 799 g/mol. The Labute approximate surface area is 336 Å². The van der Waals surface area contributed by atoms with E-state index in [1.807, 2.05) is 107 Å². The fourth-order valence-electron chi connectivity index (χ4n) is 7.36. The zero-order valence-electron chi connectivity index (χ0n) is 34.0. The van der Waals surface area contributed by atoms with Crippen LogP contribution in [0.3, 0.4) is 0 Å². The van der Waals surface area contributed by atoms with E-state index in [0.717, 1.165) is 16.7 Å². The number of aromatic amines is 1. The molecule has 13 nitrogen and oxygen atoms in total. The molecule has 4 aromatic rings. The van der Waals surface area contributed by atoms with Gasteiger partial charge in [-0.25, -0.2) is 4.79 Å². The SMILES string of the molecule is COc1ccc(C(OC[C@]2(COP(CC(=O)C#N)N(C(C)C)C(C)C)CN(C(C)C)C[C@H](n3ccc(=O)[nH]c3=O)O2)(c2ccccc2)c2ccc(OC)cc2)cc1. The van der Waals surface area contributed by atoms with E-state index in [4.69, 9.17) is 23.5 Å². The van der Waals surface area contributed by atoms with Gasteiger partial charge in [0, 0.05) is 43.5 Å². The Morgan fingerprint density at radius 1 is 0.895 bits per heavy atom. The average molecular weight is 800 g/mol. The highest BCUT2D eigenvalue weighted by atomic mass is 31.2. The van der Waals surface area contributed by atoms with Crippen LogP contribution in [-0.2, 0) is 24.4 Å². The first-order valence-electron chi connectivity index (χ1n) is 19.1. The number of nitriles is 1. The molecular formula is C43H54N5O8P. The van der Waals surface area contributed by atoms with Crippen LogP contribution in [0, 0.1) is 11.3 Å². The molecule has 1 fully saturated rings. The number of carbonyl (C=O) groups is 1. The highest BCUT2D eigenvalue weighted by molar-refractivity contribution is 7.51. The van der Waals surface area contributed by atoms with Crippen molar-refractivity contribution < 1.29 is 28.3 Å². The van der Waals surface area contributed by atoms with Crippen molar-refractivity contribution in [1.29, 1.82) is 5.26 Å². The molecule has 3 atom stereocenters. The first-order valence-corrected chi connectivity index (χ1v) is 20.5. The average Bonchev–Trinajstić information content (AvgIpc) is 3.20. The zero-order valence-corrected chi connectivity index (χ0v) is 34.9. The molecule has 3 aromatic carbocycles. The largest absolute Gasteiger partial charge is 0.497 e. The van der Waals surface area contributed by atoms with E-state index < -0.39 is 42.8 Å². The van der Waals surface area contributed by atoms with Gasteiger partial charge in [0.2, 0.25) is 5.78 Å². The van der Waals surface area contributed by atoms with Crippen LogP contribution in [0.15, 0.2) is 101 Å². The van der Waals surface area contributed by atoms with Crippen LogP contribution in [0.25, 0.3) is 0 Å². The molecule has 304 valence electrons. The van der Waals surface area contributed by atoms with Gasteiger partial charge < -0.3 is 23.5 Å². The predicted molar refractivity (Wildman–Crippen MR) is 220 cm³/mol. The highest BCUT2D eigenvalue weighted by Crippen LogP contribution is 2.48. The number of ketones is 1. The lowest BCUT2D eigenvalue weighted by Crippen LogP contribution is -2.61. The molecule has 1 aromatic heterocycles. The van der Waals surface area contributed by atoms with Gasteiger partial charge >= 0.3 is 5.69 Å². The van der Waals surface area contributed by atoms with E-state index in [2.05, 4.69) is 28.4 Å². The number of Topliss-reactive ketones (excluding diaryl/α,β-unsaturated/α-hetero) is 1. The van der Waals surface area contributed by atoms with E-state index in [9.17, 15) is 19.6 Å². The summed E-state index contributed by atoms with van der Waals surface area (Å²) in [6.07, 6.45) is 0.480. The third-order valence-corrected chi connectivity index (χ3v) is 12.5. The number of rotatable bonds is 18. The number of hydrogen-bond acceptors (Lipinski definition) is 11. The van der Waals surface area contributed by atoms with Gasteiger partial charge in [0.05, 0.1) is 33.6 Å². The van der Waals surface area contributed by atoms with Crippen molar-refractivity contribution in [3.63, 3.8) is 0 Å². The molecule has 0 aliphatic carbocycles. The summed E-state index contributed by atoms with van der Waals surface area (Å²) in [7, 11) is 1.60. The fourth-order valence-corrected chi connectivity index (χ4v) is 9.48. The number of methoxy groups -OCH3 is 2. The molecule has 5 rings (SSSR count). The lowest BCUT2D eigenvalue weighted by molar-refractivity contribution is -0.231. The molecular weight excluding hydrogens is 745 g/mol. The summed E-state index contributed by atoms with van der Waals surface area (Å²) in [5.74, 6) is 0.779. The lowest BCUT2D eigenvalue weighted by Gasteiger charge is -2.49. The van der Waals surface area contributed by atoms with Gasteiger partial charge in [0.1, 0.15) is 37.1 Å². The van der Waals surface area contributed by atoms with Crippen LogP contribution >= 0.6 is 8.30 Å². The fraction of sp³-hybridized carbons (Fsp3) is 0.442. The second-order valence-electron chi connectivity index (χ2n) is 15.0. The summed E-state index contributed by atoms with van der Waals surface area (Å²) >= 11 is 0. The molecule has 0 bridgehead atoms. The Bertz CT molecular complexity index is 2030. The molecule has 0 radical (unpaired) electrons. The summed E-state index contributed by atoms with van der Waals surface area (Å²) in [5, 5.41) is 9.59. The molecule has 0 amide bonds. The van der Waals surface area contributed by atoms with Crippen LogP contribution in [0.2, 0.25) is 0 Å². The summed E-state index contributed by atoms with van der Waals surface area (Å²) in [5.41, 5.74) is -1.15. The Balaban J connectivity index is 1.71. The van der Waals surface area contributed by atoms with Crippen LogP contribution < -0.4 is 20.7 Å². The lowest BCUT2D eigenvalue weighted by atomic mass is 9.79. The maximum atomic E-state index is 13.3. The standard InChI is InChI=1S/C43H54N5O8P/c1-30(2)46-25-40(47-23-22-39(50)45-41(47)51)56-42(27-46,29-55-57(26-36(49)24-44)48(31(3)4)32(5)6)28-54-43(33-12-10-9-11-13-33,34-14-18-37(52-7)19-15-34)35-16-20-38(53-8)21-17-35/h9-23,30-32,40H,25-29H2,1-8H3,(H,45,50,51)/t40-,42+,57?/m1/s1. The quantitative estimate of drug-likeness (QED) is 0.0710. The van der Waals surface area contributed by atoms with Gasteiger partial charge in [0.25, 0.3) is 5.56 Å². The smallest absolute Gasteiger partial charge is 0.330 e. The molecule has 0 saturated carbocycles. The van der Waals surface area contributed by atoms with Crippen LogP contribution in [-0.4, -0.2) is 95.3 Å². The Morgan fingerprint density at radius 3 is 1.95 bits per heavy atom. The van der Waals surface area contributed by atoms with E-state index in [1.165, 1.54) is 16.8 Å². The highest BCUT2D eigenvalue weighted by Gasteiger charge is 2.48. The molecule has 1 saturated heterocycles. The molecule has 1 unspecified atom stereocenters. The maximum absolute atomic E-state index is 13.3. The number of H-pyrrole nitrogens is 1. The summed E-state index contributed by atoms with van der Waals surface area (Å²) in [6, 6.07) is 28.4. The second-order valence-corrected chi connectivity index (χ2v) is 16.7. The van der Waals surface area contributed by atoms with Gasteiger partial charge in [0.15, 0.2) is 6.23 Å². The minimum atomic E-state index is -1.63. The zero-order chi connectivity index (χ0) is 41.3. The molecule has 0 spiro atoms. The van der Waals surface area contributed by atoms with E-state index in [1.54, 1.807) is 20.3 Å².